The Morgan fingerprint density at radius 1 is 1.29 bits per heavy atom. The fraction of sp³-hybridized carbons (Fsp3) is 0.333. The molecule has 0 saturated heterocycles. The second-order valence-corrected chi connectivity index (χ2v) is 6.41. The number of nitrogens with one attached hydrogen (secondary N) is 2. The number of benzene rings is 1. The van der Waals surface area contributed by atoms with Gasteiger partial charge in [0.2, 0.25) is 0 Å². The summed E-state index contributed by atoms with van der Waals surface area (Å²) in [4.78, 5) is 13.2. The van der Waals surface area contributed by atoms with E-state index in [0.29, 0.717) is 0 Å². The van der Waals surface area contributed by atoms with E-state index in [-0.39, 0.29) is 16.7 Å². The van der Waals surface area contributed by atoms with Crippen LogP contribution in [0, 0.1) is 17.0 Å². The maximum absolute atomic E-state index is 11.0. The van der Waals surface area contributed by atoms with E-state index in [9.17, 15) is 10.1 Å². The average Bonchev–Trinajstić information content (AvgIpc) is 2.83. The van der Waals surface area contributed by atoms with Gasteiger partial charge in [-0.2, -0.15) is 0 Å². The van der Waals surface area contributed by atoms with Gasteiger partial charge in [-0.05, 0) is 32.0 Å². The molecule has 0 bridgehead atoms. The molecule has 0 aliphatic carbocycles. The highest BCUT2D eigenvalue weighted by molar-refractivity contribution is 7.11. The second kappa shape index (κ2) is 6.58. The molecule has 1 aromatic heterocycles. The van der Waals surface area contributed by atoms with E-state index in [0.717, 1.165) is 17.8 Å². The lowest BCUT2D eigenvalue weighted by molar-refractivity contribution is -0.384. The van der Waals surface area contributed by atoms with Crippen LogP contribution in [0.25, 0.3) is 0 Å². The van der Waals surface area contributed by atoms with E-state index in [2.05, 4.69) is 36.6 Å². The number of hydrogen-bond acceptors (Lipinski definition) is 5. The molecule has 5 nitrogen and oxygen atoms in total. The Labute approximate surface area is 128 Å². The minimum Gasteiger partial charge on any atom is -0.388 e. The summed E-state index contributed by atoms with van der Waals surface area (Å²) >= 11 is 1.78. The molecule has 0 aliphatic rings. The number of nitrogens with zero attached hydrogens (tertiary/aromatic N) is 1. The average molecular weight is 305 g/mol. The van der Waals surface area contributed by atoms with Crippen molar-refractivity contribution in [1.29, 1.82) is 0 Å². The number of non-ortho nitro benzene ring substituents is 1. The summed E-state index contributed by atoms with van der Waals surface area (Å²) in [5.74, 6) is 0. The summed E-state index contributed by atoms with van der Waals surface area (Å²) < 4.78 is 0. The molecule has 112 valence electrons. The largest absolute Gasteiger partial charge is 0.388 e. The van der Waals surface area contributed by atoms with Crippen molar-refractivity contribution in [3.8, 4) is 0 Å². The summed E-state index contributed by atoms with van der Waals surface area (Å²) in [5.41, 5.74) is 1.57. The highest BCUT2D eigenvalue weighted by atomic mass is 32.1. The Morgan fingerprint density at radius 3 is 2.57 bits per heavy atom. The lowest BCUT2D eigenvalue weighted by Crippen LogP contribution is -2.17. The first-order valence-corrected chi connectivity index (χ1v) is 7.58. The van der Waals surface area contributed by atoms with Crippen molar-refractivity contribution < 1.29 is 4.92 Å². The number of rotatable bonds is 6. The van der Waals surface area contributed by atoms with Crippen molar-refractivity contribution in [3.05, 3.63) is 50.2 Å². The van der Waals surface area contributed by atoms with Crippen LogP contribution in [0.4, 0.5) is 17.1 Å². The van der Waals surface area contributed by atoms with Gasteiger partial charge in [0.25, 0.3) is 5.69 Å². The van der Waals surface area contributed by atoms with Crippen LogP contribution in [0.2, 0.25) is 0 Å². The van der Waals surface area contributed by atoms with Crippen molar-refractivity contribution in [1.82, 2.24) is 0 Å². The van der Waals surface area contributed by atoms with Gasteiger partial charge in [-0.15, -0.1) is 11.3 Å². The monoisotopic (exact) mass is 305 g/mol. The van der Waals surface area contributed by atoms with Gasteiger partial charge >= 0.3 is 0 Å². The first-order valence-electron chi connectivity index (χ1n) is 6.77. The quantitative estimate of drug-likeness (QED) is 0.624. The zero-order valence-electron chi connectivity index (χ0n) is 12.3. The third kappa shape index (κ3) is 4.19. The van der Waals surface area contributed by atoms with Crippen molar-refractivity contribution in [2.75, 3.05) is 17.7 Å². The van der Waals surface area contributed by atoms with Gasteiger partial charge in [0.1, 0.15) is 0 Å². The molecule has 21 heavy (non-hydrogen) atoms. The van der Waals surface area contributed by atoms with Gasteiger partial charge in [-0.3, -0.25) is 10.1 Å². The van der Waals surface area contributed by atoms with Crippen molar-refractivity contribution in [3.63, 3.8) is 0 Å². The molecule has 6 heteroatoms. The lowest BCUT2D eigenvalue weighted by atomic mass is 10.1. The summed E-state index contributed by atoms with van der Waals surface area (Å²) in [6.45, 7) is 4.17. The van der Waals surface area contributed by atoms with E-state index in [1.807, 2.05) is 6.07 Å². The minimum atomic E-state index is -0.376. The molecule has 0 saturated carbocycles. The Balaban J connectivity index is 2.10. The molecule has 1 unspecified atom stereocenters. The smallest absolute Gasteiger partial charge is 0.273 e. The Bertz CT molecular complexity index is 640. The Morgan fingerprint density at radius 2 is 2.00 bits per heavy atom. The third-order valence-corrected chi connectivity index (χ3v) is 4.16. The van der Waals surface area contributed by atoms with E-state index >= 15 is 0 Å². The van der Waals surface area contributed by atoms with Crippen molar-refractivity contribution in [2.24, 2.45) is 0 Å². The van der Waals surface area contributed by atoms with Gasteiger partial charge in [-0.25, -0.2) is 0 Å². The van der Waals surface area contributed by atoms with Gasteiger partial charge in [0, 0.05) is 52.8 Å². The van der Waals surface area contributed by atoms with Crippen LogP contribution < -0.4 is 10.6 Å². The van der Waals surface area contributed by atoms with Crippen LogP contribution in [-0.2, 0) is 6.42 Å². The van der Waals surface area contributed by atoms with Crippen LogP contribution in [0.15, 0.2) is 30.3 Å². The highest BCUT2D eigenvalue weighted by Gasteiger charge is 2.11. The second-order valence-electron chi connectivity index (χ2n) is 5.04. The van der Waals surface area contributed by atoms with Gasteiger partial charge in [0.05, 0.1) is 4.92 Å². The molecule has 0 radical (unpaired) electrons. The van der Waals surface area contributed by atoms with Crippen LogP contribution in [-0.4, -0.2) is 18.0 Å². The summed E-state index contributed by atoms with van der Waals surface area (Å²) in [6, 6.07) is 9.41. The zero-order chi connectivity index (χ0) is 15.4. The third-order valence-electron chi connectivity index (χ3n) is 3.13. The standard InChI is InChI=1S/C15H19N3O2S/c1-10(6-15-5-4-11(2)21-15)17-13-7-12(16-3)8-14(9-13)18(19)20/h4-5,7-10,16-17H,6H2,1-3H3. The molecule has 2 N–H and O–H groups in total. The number of anilines is 2. The molecule has 2 rings (SSSR count). The minimum absolute atomic E-state index is 0.0866. The van der Waals surface area contributed by atoms with E-state index in [1.54, 1.807) is 24.5 Å². The number of aryl methyl sites for hydroxylation is 1. The summed E-state index contributed by atoms with van der Waals surface area (Å²) in [7, 11) is 1.75. The number of thiophene rings is 1. The molecule has 0 spiro atoms. The SMILES string of the molecule is CNc1cc(NC(C)Cc2ccc(C)s2)cc([N+](=O)[O-])c1. The first-order chi connectivity index (χ1) is 9.97. The van der Waals surface area contributed by atoms with Crippen LogP contribution >= 0.6 is 11.3 Å². The predicted molar refractivity (Wildman–Crippen MR) is 88.5 cm³/mol. The molecule has 0 amide bonds. The van der Waals surface area contributed by atoms with E-state index in [4.69, 9.17) is 0 Å². The fourth-order valence-electron chi connectivity index (χ4n) is 2.18. The molecular weight excluding hydrogens is 286 g/mol. The Hall–Kier alpha value is -2.08. The number of nitro benzene ring substituents is 1. The zero-order valence-corrected chi connectivity index (χ0v) is 13.2. The summed E-state index contributed by atoms with van der Waals surface area (Å²) in [5, 5.41) is 17.2. The van der Waals surface area contributed by atoms with Crippen molar-refractivity contribution in [2.45, 2.75) is 26.3 Å². The molecule has 1 heterocycles. The van der Waals surface area contributed by atoms with E-state index in [1.165, 1.54) is 15.8 Å². The summed E-state index contributed by atoms with van der Waals surface area (Å²) in [6.07, 6.45) is 0.899. The fourth-order valence-corrected chi connectivity index (χ4v) is 3.20. The van der Waals surface area contributed by atoms with Crippen molar-refractivity contribution >= 4 is 28.4 Å². The van der Waals surface area contributed by atoms with Crippen LogP contribution in [0.5, 0.6) is 0 Å². The number of nitro groups is 1. The molecule has 1 atom stereocenters. The molecule has 2 aromatic rings. The normalized spacial score (nSPS) is 12.0. The van der Waals surface area contributed by atoms with Crippen LogP contribution in [0.1, 0.15) is 16.7 Å². The number of hydrogen-bond donors (Lipinski definition) is 2. The van der Waals surface area contributed by atoms with Crippen LogP contribution in [0.3, 0.4) is 0 Å². The van der Waals surface area contributed by atoms with Gasteiger partial charge in [-0.1, -0.05) is 0 Å². The first kappa shape index (κ1) is 15.3. The molecular formula is C15H19N3O2S. The Kier molecular flexibility index (Phi) is 4.80. The maximum atomic E-state index is 11.0. The predicted octanol–water partition coefficient (Wildman–Crippen LogP) is 4.05. The lowest BCUT2D eigenvalue weighted by Gasteiger charge is -2.15. The molecule has 0 aliphatic heterocycles. The molecule has 1 aromatic carbocycles. The van der Waals surface area contributed by atoms with E-state index < -0.39 is 0 Å². The van der Waals surface area contributed by atoms with Gasteiger partial charge < -0.3 is 10.6 Å². The maximum Gasteiger partial charge on any atom is 0.273 e. The topological polar surface area (TPSA) is 67.2 Å². The highest BCUT2D eigenvalue weighted by Crippen LogP contribution is 2.25. The van der Waals surface area contributed by atoms with Gasteiger partial charge in [0.15, 0.2) is 0 Å². The molecule has 0 fully saturated rings.